The van der Waals surface area contributed by atoms with Crippen molar-refractivity contribution < 1.29 is 4.74 Å². The van der Waals surface area contributed by atoms with Crippen molar-refractivity contribution in [1.82, 2.24) is 5.32 Å². The van der Waals surface area contributed by atoms with Gasteiger partial charge in [-0.1, -0.05) is 53.2 Å². The maximum atomic E-state index is 6.11. The zero-order valence-corrected chi connectivity index (χ0v) is 13.8. The van der Waals surface area contributed by atoms with E-state index in [2.05, 4.69) is 64.2 Å². The van der Waals surface area contributed by atoms with Crippen LogP contribution >= 0.6 is 0 Å². The van der Waals surface area contributed by atoms with E-state index in [1.807, 2.05) is 0 Å². The van der Waals surface area contributed by atoms with Gasteiger partial charge in [-0.2, -0.15) is 0 Å². The highest BCUT2D eigenvalue weighted by Gasteiger charge is 2.14. The van der Waals surface area contributed by atoms with Crippen LogP contribution in [0.4, 0.5) is 0 Å². The molecule has 0 saturated heterocycles. The van der Waals surface area contributed by atoms with Gasteiger partial charge in [0.05, 0.1) is 0 Å². The summed E-state index contributed by atoms with van der Waals surface area (Å²) in [5.41, 5.74) is 1.55. The maximum Gasteiger partial charge on any atom is 0.119 e. The SMILES string of the molecule is CCCNCC(CCC)Oc1ccc(C(C)(C)C)cc1. The van der Waals surface area contributed by atoms with E-state index in [1.165, 1.54) is 12.0 Å². The van der Waals surface area contributed by atoms with E-state index in [-0.39, 0.29) is 11.5 Å². The number of rotatable bonds is 8. The van der Waals surface area contributed by atoms with Gasteiger partial charge in [0.1, 0.15) is 11.9 Å². The molecule has 0 saturated carbocycles. The summed E-state index contributed by atoms with van der Waals surface area (Å²) < 4.78 is 6.11. The van der Waals surface area contributed by atoms with Crippen molar-refractivity contribution in [3.63, 3.8) is 0 Å². The van der Waals surface area contributed by atoms with E-state index in [4.69, 9.17) is 4.74 Å². The lowest BCUT2D eigenvalue weighted by atomic mass is 9.87. The third kappa shape index (κ3) is 5.96. The molecule has 0 aromatic heterocycles. The summed E-state index contributed by atoms with van der Waals surface area (Å²) >= 11 is 0. The van der Waals surface area contributed by atoms with Gasteiger partial charge in [-0.25, -0.2) is 0 Å². The Bertz CT molecular complexity index is 364. The minimum atomic E-state index is 0.198. The van der Waals surface area contributed by atoms with Crippen LogP contribution in [-0.4, -0.2) is 19.2 Å². The molecule has 2 nitrogen and oxygen atoms in total. The van der Waals surface area contributed by atoms with Crippen LogP contribution in [0.2, 0.25) is 0 Å². The topological polar surface area (TPSA) is 21.3 Å². The molecule has 0 bridgehead atoms. The Kier molecular flexibility index (Phi) is 7.08. The molecule has 0 aliphatic carbocycles. The van der Waals surface area contributed by atoms with Gasteiger partial charge in [0, 0.05) is 6.54 Å². The average molecular weight is 277 g/mol. The average Bonchev–Trinajstić information content (AvgIpc) is 2.39. The highest BCUT2D eigenvalue weighted by Crippen LogP contribution is 2.24. The van der Waals surface area contributed by atoms with Crippen molar-refractivity contribution in [1.29, 1.82) is 0 Å². The van der Waals surface area contributed by atoms with Gasteiger partial charge in [0.15, 0.2) is 0 Å². The summed E-state index contributed by atoms with van der Waals surface area (Å²) in [5, 5.41) is 3.45. The quantitative estimate of drug-likeness (QED) is 0.705. The van der Waals surface area contributed by atoms with E-state index in [0.717, 1.165) is 31.7 Å². The molecule has 0 amide bonds. The van der Waals surface area contributed by atoms with Crippen molar-refractivity contribution in [2.75, 3.05) is 13.1 Å². The van der Waals surface area contributed by atoms with Gasteiger partial charge in [-0.15, -0.1) is 0 Å². The molecule has 0 aliphatic rings. The first kappa shape index (κ1) is 17.0. The Morgan fingerprint density at radius 1 is 1.05 bits per heavy atom. The molecule has 0 radical (unpaired) electrons. The summed E-state index contributed by atoms with van der Waals surface area (Å²) in [7, 11) is 0. The molecule has 2 heteroatoms. The van der Waals surface area contributed by atoms with E-state index in [0.29, 0.717) is 0 Å². The lowest BCUT2D eigenvalue weighted by Gasteiger charge is -2.22. The van der Waals surface area contributed by atoms with E-state index in [9.17, 15) is 0 Å². The minimum Gasteiger partial charge on any atom is -0.489 e. The summed E-state index contributed by atoms with van der Waals surface area (Å²) in [5.74, 6) is 0.981. The third-order valence-electron chi connectivity index (χ3n) is 3.43. The van der Waals surface area contributed by atoms with Crippen molar-refractivity contribution in [3.8, 4) is 5.75 Å². The Labute approximate surface area is 124 Å². The molecule has 0 fully saturated rings. The summed E-state index contributed by atoms with van der Waals surface area (Å²) in [6.45, 7) is 13.1. The second-order valence-corrected chi connectivity index (χ2v) is 6.51. The second-order valence-electron chi connectivity index (χ2n) is 6.51. The minimum absolute atomic E-state index is 0.198. The van der Waals surface area contributed by atoms with Crippen molar-refractivity contribution >= 4 is 0 Å². The number of benzene rings is 1. The monoisotopic (exact) mass is 277 g/mol. The van der Waals surface area contributed by atoms with Crippen molar-refractivity contribution in [3.05, 3.63) is 29.8 Å². The lowest BCUT2D eigenvalue weighted by Crippen LogP contribution is -2.31. The zero-order chi connectivity index (χ0) is 15.0. The molecular formula is C18H31NO. The molecule has 1 unspecified atom stereocenters. The standard InChI is InChI=1S/C18H31NO/c1-6-8-17(14-19-13-7-2)20-16-11-9-15(10-12-16)18(3,4)5/h9-12,17,19H,6-8,13-14H2,1-5H3. The van der Waals surface area contributed by atoms with Gasteiger partial charge in [-0.05, 0) is 42.5 Å². The van der Waals surface area contributed by atoms with E-state index >= 15 is 0 Å². The third-order valence-corrected chi connectivity index (χ3v) is 3.43. The lowest BCUT2D eigenvalue weighted by molar-refractivity contribution is 0.186. The van der Waals surface area contributed by atoms with Crippen LogP contribution < -0.4 is 10.1 Å². The highest BCUT2D eigenvalue weighted by molar-refractivity contribution is 5.31. The molecule has 1 rings (SSSR count). The normalized spacial score (nSPS) is 13.2. The predicted molar refractivity (Wildman–Crippen MR) is 87.6 cm³/mol. The van der Waals surface area contributed by atoms with Crippen LogP contribution in [0.15, 0.2) is 24.3 Å². The molecule has 0 heterocycles. The summed E-state index contributed by atoms with van der Waals surface area (Å²) in [6, 6.07) is 8.56. The molecule has 0 spiro atoms. The van der Waals surface area contributed by atoms with Crippen LogP contribution in [0.1, 0.15) is 59.4 Å². The summed E-state index contributed by atoms with van der Waals surface area (Å²) in [4.78, 5) is 0. The molecular weight excluding hydrogens is 246 g/mol. The molecule has 1 N–H and O–H groups in total. The first-order valence-electron chi connectivity index (χ1n) is 7.95. The van der Waals surface area contributed by atoms with Crippen LogP contribution in [0.3, 0.4) is 0 Å². The van der Waals surface area contributed by atoms with Gasteiger partial charge in [0.2, 0.25) is 0 Å². The second kappa shape index (κ2) is 8.31. The fourth-order valence-electron chi connectivity index (χ4n) is 2.19. The van der Waals surface area contributed by atoms with Gasteiger partial charge in [0.25, 0.3) is 0 Å². The smallest absolute Gasteiger partial charge is 0.119 e. The Balaban J connectivity index is 2.59. The Morgan fingerprint density at radius 2 is 1.70 bits per heavy atom. The Morgan fingerprint density at radius 3 is 2.20 bits per heavy atom. The van der Waals surface area contributed by atoms with Crippen LogP contribution in [0.25, 0.3) is 0 Å². The number of hydrogen-bond donors (Lipinski definition) is 1. The van der Waals surface area contributed by atoms with Crippen LogP contribution in [0.5, 0.6) is 5.75 Å². The maximum absolute atomic E-state index is 6.11. The van der Waals surface area contributed by atoms with Crippen molar-refractivity contribution in [2.24, 2.45) is 0 Å². The van der Waals surface area contributed by atoms with Crippen molar-refractivity contribution in [2.45, 2.75) is 65.4 Å². The molecule has 1 aromatic rings. The van der Waals surface area contributed by atoms with Gasteiger partial charge >= 0.3 is 0 Å². The number of ether oxygens (including phenoxy) is 1. The molecule has 0 aliphatic heterocycles. The molecule has 1 atom stereocenters. The first-order valence-corrected chi connectivity index (χ1v) is 7.95. The first-order chi connectivity index (χ1) is 9.47. The highest BCUT2D eigenvalue weighted by atomic mass is 16.5. The van der Waals surface area contributed by atoms with Crippen LogP contribution in [0, 0.1) is 0 Å². The van der Waals surface area contributed by atoms with Crippen LogP contribution in [-0.2, 0) is 5.41 Å². The predicted octanol–water partition coefficient (Wildman–Crippen LogP) is 4.53. The zero-order valence-electron chi connectivity index (χ0n) is 13.8. The number of nitrogens with one attached hydrogen (secondary N) is 1. The number of hydrogen-bond acceptors (Lipinski definition) is 2. The van der Waals surface area contributed by atoms with E-state index < -0.39 is 0 Å². The largest absolute Gasteiger partial charge is 0.489 e. The molecule has 1 aromatic carbocycles. The summed E-state index contributed by atoms with van der Waals surface area (Å²) in [6.07, 6.45) is 3.68. The Hall–Kier alpha value is -1.02. The fraction of sp³-hybridized carbons (Fsp3) is 0.667. The van der Waals surface area contributed by atoms with E-state index in [1.54, 1.807) is 0 Å². The van der Waals surface area contributed by atoms with Gasteiger partial charge < -0.3 is 10.1 Å². The molecule has 20 heavy (non-hydrogen) atoms. The van der Waals surface area contributed by atoms with Gasteiger partial charge in [-0.3, -0.25) is 0 Å². The molecule has 114 valence electrons. The fourth-order valence-corrected chi connectivity index (χ4v) is 2.19.